The Kier molecular flexibility index (Phi) is 2.91. The lowest BCUT2D eigenvalue weighted by Gasteiger charge is -1.97. The molecule has 3 aromatic rings. The molecule has 0 bridgehead atoms. The highest BCUT2D eigenvalue weighted by Gasteiger charge is 2.02. The molecule has 0 aliphatic heterocycles. The van der Waals surface area contributed by atoms with E-state index in [9.17, 15) is 4.39 Å². The summed E-state index contributed by atoms with van der Waals surface area (Å²) in [7, 11) is 0. The van der Waals surface area contributed by atoms with Gasteiger partial charge in [0, 0.05) is 21.7 Å². The van der Waals surface area contributed by atoms with Gasteiger partial charge in [0.1, 0.15) is 10.6 Å². The number of hydrogen-bond donors (Lipinski definition) is 0. The number of nitrogens with zero attached hydrogens (tertiary/aromatic N) is 1. The SMILES string of the molecule is C=c1/c(=C/c2cc(C)ccc2F)sc2ncccc12. The third-order valence-corrected chi connectivity index (χ3v) is 4.14. The molecule has 0 aliphatic rings. The minimum Gasteiger partial charge on any atom is -0.245 e. The molecule has 0 spiro atoms. The first kappa shape index (κ1) is 12.1. The third-order valence-electron chi connectivity index (χ3n) is 3.04. The predicted octanol–water partition coefficient (Wildman–Crippen LogP) is 2.98. The minimum absolute atomic E-state index is 0.213. The zero-order valence-corrected chi connectivity index (χ0v) is 11.3. The molecule has 0 fully saturated rings. The Labute approximate surface area is 114 Å². The highest BCUT2D eigenvalue weighted by molar-refractivity contribution is 7.16. The highest BCUT2D eigenvalue weighted by Crippen LogP contribution is 2.12. The molecule has 1 nitrogen and oxygen atoms in total. The topological polar surface area (TPSA) is 12.9 Å². The van der Waals surface area contributed by atoms with Crippen LogP contribution in [0, 0.1) is 12.7 Å². The van der Waals surface area contributed by atoms with Gasteiger partial charge in [-0.3, -0.25) is 0 Å². The summed E-state index contributed by atoms with van der Waals surface area (Å²) in [6.45, 7) is 6.03. The Bertz CT molecular complexity index is 864. The Balaban J connectivity index is 2.29. The first-order chi connectivity index (χ1) is 9.15. The number of benzene rings is 1. The number of rotatable bonds is 1. The zero-order chi connectivity index (χ0) is 13.4. The van der Waals surface area contributed by atoms with Gasteiger partial charge < -0.3 is 0 Å². The van der Waals surface area contributed by atoms with E-state index in [0.717, 1.165) is 25.5 Å². The van der Waals surface area contributed by atoms with E-state index >= 15 is 0 Å². The Morgan fingerprint density at radius 1 is 1.32 bits per heavy atom. The molecule has 0 N–H and O–H groups in total. The molecule has 1 aromatic carbocycles. The van der Waals surface area contributed by atoms with Gasteiger partial charge in [-0.25, -0.2) is 9.37 Å². The van der Waals surface area contributed by atoms with Gasteiger partial charge in [-0.2, -0.15) is 0 Å². The first-order valence-electron chi connectivity index (χ1n) is 5.95. The van der Waals surface area contributed by atoms with Gasteiger partial charge in [0.25, 0.3) is 0 Å². The van der Waals surface area contributed by atoms with Gasteiger partial charge in [0.2, 0.25) is 0 Å². The maximum absolute atomic E-state index is 13.8. The third kappa shape index (κ3) is 2.17. The number of aromatic nitrogens is 1. The molecule has 2 aromatic heterocycles. The van der Waals surface area contributed by atoms with Gasteiger partial charge in [0.05, 0.1) is 0 Å². The fourth-order valence-electron chi connectivity index (χ4n) is 2.03. The summed E-state index contributed by atoms with van der Waals surface area (Å²) in [6, 6.07) is 8.98. The average Bonchev–Trinajstić information content (AvgIpc) is 2.72. The van der Waals surface area contributed by atoms with E-state index in [2.05, 4.69) is 11.6 Å². The molecule has 0 radical (unpaired) electrons. The second kappa shape index (κ2) is 4.59. The molecule has 0 unspecified atom stereocenters. The molecule has 0 amide bonds. The Morgan fingerprint density at radius 3 is 2.95 bits per heavy atom. The van der Waals surface area contributed by atoms with Crippen molar-refractivity contribution in [1.29, 1.82) is 0 Å². The number of pyridine rings is 1. The van der Waals surface area contributed by atoms with Crippen LogP contribution in [0.25, 0.3) is 22.9 Å². The van der Waals surface area contributed by atoms with Gasteiger partial charge >= 0.3 is 0 Å². The maximum Gasteiger partial charge on any atom is 0.130 e. The second-order valence-corrected chi connectivity index (χ2v) is 5.50. The van der Waals surface area contributed by atoms with Crippen LogP contribution in [0.1, 0.15) is 11.1 Å². The van der Waals surface area contributed by atoms with E-state index in [4.69, 9.17) is 0 Å². The van der Waals surface area contributed by atoms with Crippen LogP contribution in [0.2, 0.25) is 0 Å². The molecule has 3 heteroatoms. The lowest BCUT2D eigenvalue weighted by molar-refractivity contribution is 0.624. The van der Waals surface area contributed by atoms with E-state index in [1.165, 1.54) is 17.4 Å². The molecule has 0 aliphatic carbocycles. The van der Waals surface area contributed by atoms with Crippen molar-refractivity contribution in [2.45, 2.75) is 6.92 Å². The summed E-state index contributed by atoms with van der Waals surface area (Å²) in [5.41, 5.74) is 1.63. The van der Waals surface area contributed by atoms with Crippen molar-refractivity contribution in [2.24, 2.45) is 0 Å². The van der Waals surface area contributed by atoms with Gasteiger partial charge in [-0.1, -0.05) is 18.2 Å². The molecule has 94 valence electrons. The van der Waals surface area contributed by atoms with E-state index in [1.54, 1.807) is 12.3 Å². The van der Waals surface area contributed by atoms with Gasteiger partial charge in [-0.15, -0.1) is 11.3 Å². The molecule has 2 heterocycles. The maximum atomic E-state index is 13.8. The van der Waals surface area contributed by atoms with E-state index in [0.29, 0.717) is 5.56 Å². The van der Waals surface area contributed by atoms with Crippen LogP contribution in [0.5, 0.6) is 0 Å². The highest BCUT2D eigenvalue weighted by atomic mass is 32.1. The molecule has 3 rings (SSSR count). The first-order valence-corrected chi connectivity index (χ1v) is 6.77. The number of aryl methyl sites for hydroxylation is 1. The summed E-state index contributed by atoms with van der Waals surface area (Å²) in [5, 5.41) is 1.95. The summed E-state index contributed by atoms with van der Waals surface area (Å²) in [4.78, 5) is 5.25. The standard InChI is InChI=1S/C16H12FNS/c1-10-5-6-14(17)12(8-10)9-15-11(2)13-4-3-7-18-16(13)19-15/h3-9H,2H2,1H3/b15-9-. The van der Waals surface area contributed by atoms with Crippen molar-refractivity contribution in [3.05, 3.63) is 63.2 Å². The van der Waals surface area contributed by atoms with Crippen molar-refractivity contribution in [1.82, 2.24) is 4.98 Å². The quantitative estimate of drug-likeness (QED) is 0.662. The van der Waals surface area contributed by atoms with Crippen LogP contribution < -0.4 is 9.75 Å². The van der Waals surface area contributed by atoms with Gasteiger partial charge in [0.15, 0.2) is 0 Å². The normalized spacial score (nSPS) is 12.2. The van der Waals surface area contributed by atoms with Crippen LogP contribution in [-0.2, 0) is 0 Å². The summed E-state index contributed by atoms with van der Waals surface area (Å²) in [5.74, 6) is -0.213. The smallest absolute Gasteiger partial charge is 0.130 e. The molecule has 0 saturated heterocycles. The van der Waals surface area contributed by atoms with Crippen molar-refractivity contribution in [3.8, 4) is 0 Å². The summed E-state index contributed by atoms with van der Waals surface area (Å²) >= 11 is 1.54. The van der Waals surface area contributed by atoms with E-state index in [-0.39, 0.29) is 5.82 Å². The molecule has 0 saturated carbocycles. The summed E-state index contributed by atoms with van der Waals surface area (Å²) < 4.78 is 14.7. The Hall–Kier alpha value is -2.00. The average molecular weight is 269 g/mol. The van der Waals surface area contributed by atoms with Crippen LogP contribution in [0.4, 0.5) is 4.39 Å². The fraction of sp³-hybridized carbons (Fsp3) is 0.0625. The number of fused-ring (bicyclic) bond motifs is 1. The van der Waals surface area contributed by atoms with Crippen molar-refractivity contribution in [3.63, 3.8) is 0 Å². The predicted molar refractivity (Wildman–Crippen MR) is 79.1 cm³/mol. The number of thiophene rings is 1. The number of halogens is 1. The zero-order valence-electron chi connectivity index (χ0n) is 10.5. The van der Waals surface area contributed by atoms with Crippen molar-refractivity contribution in [2.75, 3.05) is 0 Å². The summed E-state index contributed by atoms with van der Waals surface area (Å²) in [6.07, 6.45) is 3.60. The fourth-order valence-corrected chi connectivity index (χ4v) is 3.07. The molecule has 0 atom stereocenters. The monoisotopic (exact) mass is 269 g/mol. The lowest BCUT2D eigenvalue weighted by Crippen LogP contribution is -2.16. The van der Waals surface area contributed by atoms with Gasteiger partial charge in [-0.05, 0) is 42.5 Å². The van der Waals surface area contributed by atoms with Crippen molar-refractivity contribution >= 4 is 34.2 Å². The number of hydrogen-bond acceptors (Lipinski definition) is 2. The van der Waals surface area contributed by atoms with E-state index < -0.39 is 0 Å². The Morgan fingerprint density at radius 2 is 2.16 bits per heavy atom. The molecular formula is C16H12FNS. The van der Waals surface area contributed by atoms with Crippen LogP contribution in [0.15, 0.2) is 36.5 Å². The van der Waals surface area contributed by atoms with Crippen molar-refractivity contribution < 1.29 is 4.39 Å². The molecular weight excluding hydrogens is 257 g/mol. The second-order valence-electron chi connectivity index (χ2n) is 4.47. The van der Waals surface area contributed by atoms with Crippen LogP contribution >= 0.6 is 11.3 Å². The van der Waals surface area contributed by atoms with Crippen LogP contribution in [0.3, 0.4) is 0 Å². The minimum atomic E-state index is -0.213. The van der Waals surface area contributed by atoms with E-state index in [1.807, 2.05) is 31.2 Å². The largest absolute Gasteiger partial charge is 0.245 e. The molecule has 19 heavy (non-hydrogen) atoms. The van der Waals surface area contributed by atoms with Crippen LogP contribution in [-0.4, -0.2) is 4.98 Å². The lowest BCUT2D eigenvalue weighted by atomic mass is 10.1.